The highest BCUT2D eigenvalue weighted by Crippen LogP contribution is 2.61. The van der Waals surface area contributed by atoms with Gasteiger partial charge in [0.1, 0.15) is 5.78 Å². The highest BCUT2D eigenvalue weighted by Gasteiger charge is 2.65. The molecule has 4 rings (SSSR count). The third-order valence-electron chi connectivity index (χ3n) is 6.31. The lowest BCUT2D eigenvalue weighted by Gasteiger charge is -2.41. The summed E-state index contributed by atoms with van der Waals surface area (Å²) < 4.78 is 10.9. The van der Waals surface area contributed by atoms with Gasteiger partial charge in [-0.3, -0.25) is 4.79 Å². The molecule has 0 N–H and O–H groups in total. The van der Waals surface area contributed by atoms with Gasteiger partial charge in [0, 0.05) is 23.8 Å². The van der Waals surface area contributed by atoms with Gasteiger partial charge in [0.2, 0.25) is 0 Å². The van der Waals surface area contributed by atoms with Gasteiger partial charge in [0.25, 0.3) is 0 Å². The van der Waals surface area contributed by atoms with Crippen LogP contribution in [-0.4, -0.2) is 44.5 Å². The van der Waals surface area contributed by atoms with Crippen LogP contribution in [0, 0.1) is 11.8 Å². The van der Waals surface area contributed by atoms with E-state index in [-0.39, 0.29) is 11.3 Å². The molecule has 0 aromatic heterocycles. The van der Waals surface area contributed by atoms with E-state index in [0.29, 0.717) is 17.7 Å². The number of rotatable bonds is 3. The molecule has 0 radical (unpaired) electrons. The fraction of sp³-hybridized carbons (Fsp3) is 0.611. The molecule has 1 heterocycles. The number of likely N-dealkylation sites (tertiary alicyclic amines) is 1. The predicted molar refractivity (Wildman–Crippen MR) is 83.5 cm³/mol. The van der Waals surface area contributed by atoms with Crippen LogP contribution < -0.4 is 9.47 Å². The molecule has 4 heteroatoms. The first-order chi connectivity index (χ1) is 10.6. The molecule has 2 saturated carbocycles. The summed E-state index contributed by atoms with van der Waals surface area (Å²) in [4.78, 5) is 14.7. The number of ether oxygens (including phenoxy) is 2. The van der Waals surface area contributed by atoms with E-state index in [2.05, 4.69) is 24.1 Å². The molecule has 4 nitrogen and oxygen atoms in total. The number of nitrogens with zero attached hydrogens (tertiary/aromatic N) is 1. The standard InChI is InChI=1S/C18H23NO3/c1-19-7-6-18(12-8-13(17(18)19)14(20)9-12)11-4-5-15(21-2)16(10-11)22-3/h4-5,10,12-13,17H,6-9H2,1-3H3/t12-,13+,17-,18-/m0/s1. The van der Waals surface area contributed by atoms with E-state index >= 15 is 0 Å². The Labute approximate surface area is 131 Å². The first kappa shape index (κ1) is 14.1. The maximum absolute atomic E-state index is 12.2. The van der Waals surface area contributed by atoms with Crippen LogP contribution in [0.2, 0.25) is 0 Å². The molecule has 0 amide bonds. The third kappa shape index (κ3) is 1.59. The number of carbonyl (C=O) groups is 1. The van der Waals surface area contributed by atoms with Crippen LogP contribution in [0.3, 0.4) is 0 Å². The van der Waals surface area contributed by atoms with Crippen molar-refractivity contribution in [3.8, 4) is 11.5 Å². The number of methoxy groups -OCH3 is 2. The molecule has 0 spiro atoms. The van der Waals surface area contributed by atoms with Crippen molar-refractivity contribution in [1.29, 1.82) is 0 Å². The first-order valence-corrected chi connectivity index (χ1v) is 8.07. The Morgan fingerprint density at radius 1 is 1.23 bits per heavy atom. The minimum Gasteiger partial charge on any atom is -0.493 e. The molecule has 4 atom stereocenters. The molecule has 2 bridgehead atoms. The summed E-state index contributed by atoms with van der Waals surface area (Å²) in [7, 11) is 5.52. The van der Waals surface area contributed by atoms with Gasteiger partial charge in [-0.1, -0.05) is 6.07 Å². The Kier molecular flexibility index (Phi) is 3.02. The van der Waals surface area contributed by atoms with Crippen LogP contribution in [0.25, 0.3) is 0 Å². The van der Waals surface area contributed by atoms with Crippen LogP contribution >= 0.6 is 0 Å². The second kappa shape index (κ2) is 4.72. The van der Waals surface area contributed by atoms with E-state index in [1.165, 1.54) is 5.56 Å². The second-order valence-corrected chi connectivity index (χ2v) is 7.00. The normalized spacial score (nSPS) is 36.7. The van der Waals surface area contributed by atoms with E-state index < -0.39 is 0 Å². The third-order valence-corrected chi connectivity index (χ3v) is 6.31. The van der Waals surface area contributed by atoms with Gasteiger partial charge < -0.3 is 14.4 Å². The lowest BCUT2D eigenvalue weighted by Crippen LogP contribution is -2.48. The molecular formula is C18H23NO3. The average Bonchev–Trinajstić information content (AvgIpc) is 3.17. The summed E-state index contributed by atoms with van der Waals surface area (Å²) in [5, 5.41) is 0. The lowest BCUT2D eigenvalue weighted by molar-refractivity contribution is -0.124. The monoisotopic (exact) mass is 301 g/mol. The zero-order chi connectivity index (χ0) is 15.5. The quantitative estimate of drug-likeness (QED) is 0.858. The molecule has 2 aliphatic carbocycles. The van der Waals surface area contributed by atoms with Crippen LogP contribution in [0.5, 0.6) is 11.5 Å². The number of ketones is 1. The molecule has 1 aromatic rings. The average molecular weight is 301 g/mol. The predicted octanol–water partition coefficient (Wildman–Crippen LogP) is 2.25. The van der Waals surface area contributed by atoms with E-state index in [4.69, 9.17) is 9.47 Å². The van der Waals surface area contributed by atoms with Gasteiger partial charge in [0.05, 0.1) is 14.2 Å². The number of benzene rings is 1. The number of hydrogen-bond donors (Lipinski definition) is 0. The van der Waals surface area contributed by atoms with Gasteiger partial charge in [-0.2, -0.15) is 0 Å². The summed E-state index contributed by atoms with van der Waals surface area (Å²) in [6.45, 7) is 1.07. The Morgan fingerprint density at radius 3 is 2.73 bits per heavy atom. The zero-order valence-corrected chi connectivity index (χ0v) is 13.5. The topological polar surface area (TPSA) is 38.8 Å². The number of Topliss-reactive ketones (excluding diaryl/α,β-unsaturated/α-hetero) is 1. The summed E-state index contributed by atoms with van der Waals surface area (Å²) in [6, 6.07) is 6.68. The van der Waals surface area contributed by atoms with Gasteiger partial charge in [-0.05, 0) is 50.0 Å². The molecule has 0 unspecified atom stereocenters. The minimum atomic E-state index is 0.118. The number of carbonyl (C=O) groups excluding carboxylic acids is 1. The molecule has 1 saturated heterocycles. The molecule has 1 aliphatic heterocycles. The Bertz CT molecular complexity index is 629. The van der Waals surface area contributed by atoms with Gasteiger partial charge in [0.15, 0.2) is 11.5 Å². The molecule has 118 valence electrons. The number of fused-ring (bicyclic) bond motifs is 5. The van der Waals surface area contributed by atoms with Crippen molar-refractivity contribution in [3.63, 3.8) is 0 Å². The van der Waals surface area contributed by atoms with Gasteiger partial charge >= 0.3 is 0 Å². The van der Waals surface area contributed by atoms with Crippen LogP contribution in [-0.2, 0) is 10.2 Å². The van der Waals surface area contributed by atoms with E-state index in [1.54, 1.807) is 14.2 Å². The van der Waals surface area contributed by atoms with Gasteiger partial charge in [-0.25, -0.2) is 0 Å². The van der Waals surface area contributed by atoms with Crippen molar-refractivity contribution in [2.75, 3.05) is 27.8 Å². The van der Waals surface area contributed by atoms with E-state index in [9.17, 15) is 4.79 Å². The van der Waals surface area contributed by atoms with Crippen LogP contribution in [0.1, 0.15) is 24.8 Å². The highest BCUT2D eigenvalue weighted by atomic mass is 16.5. The first-order valence-electron chi connectivity index (χ1n) is 8.07. The summed E-state index contributed by atoms with van der Waals surface area (Å²) in [5.74, 6) is 2.74. The van der Waals surface area contributed by atoms with Crippen LogP contribution in [0.15, 0.2) is 18.2 Å². The molecule has 22 heavy (non-hydrogen) atoms. The molecule has 3 aliphatic rings. The largest absolute Gasteiger partial charge is 0.493 e. The Morgan fingerprint density at radius 2 is 2.00 bits per heavy atom. The molecular weight excluding hydrogens is 278 g/mol. The molecule has 1 aromatic carbocycles. The second-order valence-electron chi connectivity index (χ2n) is 7.00. The van der Waals surface area contributed by atoms with Crippen molar-refractivity contribution in [2.24, 2.45) is 11.8 Å². The lowest BCUT2D eigenvalue weighted by atomic mass is 9.65. The fourth-order valence-corrected chi connectivity index (χ4v) is 5.44. The zero-order valence-electron chi connectivity index (χ0n) is 13.5. The van der Waals surface area contributed by atoms with Crippen LogP contribution in [0.4, 0.5) is 0 Å². The fourth-order valence-electron chi connectivity index (χ4n) is 5.44. The van der Waals surface area contributed by atoms with E-state index in [0.717, 1.165) is 37.3 Å². The number of hydrogen-bond acceptors (Lipinski definition) is 4. The SMILES string of the molecule is COc1ccc([C@]23CCN(C)[C@H]2[C@@H]2C[C@H]3CC2=O)cc1OC. The Hall–Kier alpha value is -1.55. The smallest absolute Gasteiger partial charge is 0.161 e. The molecule has 3 fully saturated rings. The van der Waals surface area contributed by atoms with Crippen molar-refractivity contribution >= 4 is 5.78 Å². The number of likely N-dealkylation sites (N-methyl/N-ethyl adjacent to an activating group) is 1. The summed E-state index contributed by atoms with van der Waals surface area (Å²) >= 11 is 0. The van der Waals surface area contributed by atoms with Gasteiger partial charge in [-0.15, -0.1) is 0 Å². The highest BCUT2D eigenvalue weighted by molar-refractivity contribution is 5.86. The summed E-state index contributed by atoms with van der Waals surface area (Å²) in [5.41, 5.74) is 1.44. The van der Waals surface area contributed by atoms with Crippen molar-refractivity contribution in [1.82, 2.24) is 4.90 Å². The summed E-state index contributed by atoms with van der Waals surface area (Å²) in [6.07, 6.45) is 2.95. The maximum atomic E-state index is 12.2. The van der Waals surface area contributed by atoms with E-state index in [1.807, 2.05) is 6.07 Å². The minimum absolute atomic E-state index is 0.118. The van der Waals surface area contributed by atoms with Crippen molar-refractivity contribution in [2.45, 2.75) is 30.7 Å². The Balaban J connectivity index is 1.82. The maximum Gasteiger partial charge on any atom is 0.161 e. The van der Waals surface area contributed by atoms with Crippen molar-refractivity contribution in [3.05, 3.63) is 23.8 Å². The van der Waals surface area contributed by atoms with Crippen molar-refractivity contribution < 1.29 is 14.3 Å².